The van der Waals surface area contributed by atoms with Gasteiger partial charge in [0, 0.05) is 35.6 Å². The van der Waals surface area contributed by atoms with Crippen LogP contribution in [0.15, 0.2) is 40.8 Å². The summed E-state index contributed by atoms with van der Waals surface area (Å²) in [5.74, 6) is -0.323. The third-order valence-corrected chi connectivity index (χ3v) is 7.77. The Morgan fingerprint density at radius 3 is 2.67 bits per heavy atom. The van der Waals surface area contributed by atoms with Crippen LogP contribution in [-0.2, 0) is 21.4 Å². The molecule has 0 radical (unpaired) electrons. The fraction of sp³-hybridized carbons (Fsp3) is 0.444. The molecule has 0 atom stereocenters. The predicted molar refractivity (Wildman–Crippen MR) is 107 cm³/mol. The van der Waals surface area contributed by atoms with E-state index in [1.54, 1.807) is 6.92 Å². The summed E-state index contributed by atoms with van der Waals surface area (Å²) >= 11 is 7.62. The van der Waals surface area contributed by atoms with Crippen molar-refractivity contribution >= 4 is 38.9 Å². The lowest BCUT2D eigenvalue weighted by atomic mass is 9.98. The molecule has 2 heterocycles. The van der Waals surface area contributed by atoms with Crippen molar-refractivity contribution in [1.82, 2.24) is 8.87 Å². The molecule has 0 aliphatic carbocycles. The molecule has 3 rings (SSSR count). The van der Waals surface area contributed by atoms with Crippen LogP contribution in [0.2, 0.25) is 5.02 Å². The Morgan fingerprint density at radius 2 is 2.00 bits per heavy atom. The van der Waals surface area contributed by atoms with Gasteiger partial charge in [0.25, 0.3) is 5.91 Å². The van der Waals surface area contributed by atoms with Crippen molar-refractivity contribution < 1.29 is 13.2 Å². The van der Waals surface area contributed by atoms with Crippen LogP contribution in [-0.4, -0.2) is 42.0 Å². The molecule has 27 heavy (non-hydrogen) atoms. The largest absolute Gasteiger partial charge is 0.319 e. The van der Waals surface area contributed by atoms with E-state index in [4.69, 9.17) is 11.6 Å². The number of piperidine rings is 1. The number of rotatable bonds is 5. The number of sulfonamides is 1. The molecule has 6 nitrogen and oxygen atoms in total. The number of hydrogen-bond donors (Lipinski definition) is 0. The van der Waals surface area contributed by atoms with Crippen LogP contribution >= 0.6 is 22.9 Å². The van der Waals surface area contributed by atoms with E-state index in [1.165, 1.54) is 15.6 Å². The highest BCUT2D eigenvalue weighted by atomic mass is 35.5. The topological polar surface area (TPSA) is 71.7 Å². The first-order chi connectivity index (χ1) is 12.9. The van der Waals surface area contributed by atoms with E-state index in [0.717, 1.165) is 5.56 Å². The van der Waals surface area contributed by atoms with E-state index in [-0.39, 0.29) is 17.6 Å². The highest BCUT2D eigenvalue weighted by Gasteiger charge is 2.30. The molecule has 146 valence electrons. The zero-order valence-electron chi connectivity index (χ0n) is 15.0. The molecule has 1 amide bonds. The number of thiazole rings is 1. The normalized spacial score (nSPS) is 17.3. The molecule has 1 saturated heterocycles. The van der Waals surface area contributed by atoms with Crippen LogP contribution in [0.5, 0.6) is 0 Å². The standard InChI is InChI=1S/C18H22ClN3O3S2/c1-2-27(24,25)22-9-7-14(8-10-22)17(23)20-18-21(11-12-26-18)13-15-5-3-4-6-16(15)19/h3-6,11-12,14H,2,7-10,13H2,1H3. The Kier molecular flexibility index (Phi) is 6.52. The average molecular weight is 428 g/mol. The minimum absolute atomic E-state index is 0.0905. The molecule has 2 aromatic rings. The summed E-state index contributed by atoms with van der Waals surface area (Å²) in [5.41, 5.74) is 0.963. The second kappa shape index (κ2) is 8.68. The van der Waals surface area contributed by atoms with Crippen molar-refractivity contribution in [1.29, 1.82) is 0 Å². The highest BCUT2D eigenvalue weighted by molar-refractivity contribution is 7.89. The summed E-state index contributed by atoms with van der Waals surface area (Å²) in [5, 5.41) is 2.57. The van der Waals surface area contributed by atoms with Gasteiger partial charge < -0.3 is 4.57 Å². The molecule has 0 spiro atoms. The molecule has 9 heteroatoms. The summed E-state index contributed by atoms with van der Waals surface area (Å²) in [6, 6.07) is 7.59. The lowest BCUT2D eigenvalue weighted by molar-refractivity contribution is -0.122. The Bertz CT molecular complexity index is 973. The summed E-state index contributed by atoms with van der Waals surface area (Å²) in [4.78, 5) is 17.5. The van der Waals surface area contributed by atoms with Crippen LogP contribution in [0.1, 0.15) is 25.3 Å². The lowest BCUT2D eigenvalue weighted by Crippen LogP contribution is -2.41. The first-order valence-electron chi connectivity index (χ1n) is 8.84. The maximum absolute atomic E-state index is 12.6. The third-order valence-electron chi connectivity index (χ3n) is 4.73. The molecule has 0 bridgehead atoms. The number of nitrogens with zero attached hydrogens (tertiary/aromatic N) is 3. The number of aromatic nitrogens is 1. The van der Waals surface area contributed by atoms with E-state index in [0.29, 0.717) is 42.3 Å². The summed E-state index contributed by atoms with van der Waals surface area (Å²) in [7, 11) is -3.19. The summed E-state index contributed by atoms with van der Waals surface area (Å²) in [6.45, 7) is 2.94. The summed E-state index contributed by atoms with van der Waals surface area (Å²) < 4.78 is 27.3. The van der Waals surface area contributed by atoms with Crippen LogP contribution in [0.3, 0.4) is 0 Å². The van der Waals surface area contributed by atoms with Gasteiger partial charge in [-0.3, -0.25) is 4.79 Å². The molecule has 1 aliphatic heterocycles. The monoisotopic (exact) mass is 427 g/mol. The van der Waals surface area contributed by atoms with E-state index in [2.05, 4.69) is 4.99 Å². The van der Waals surface area contributed by atoms with Gasteiger partial charge >= 0.3 is 0 Å². The Morgan fingerprint density at radius 1 is 1.30 bits per heavy atom. The molecule has 0 N–H and O–H groups in total. The third kappa shape index (κ3) is 4.87. The van der Waals surface area contributed by atoms with E-state index >= 15 is 0 Å². The first kappa shape index (κ1) is 20.3. The van der Waals surface area contributed by atoms with Crippen molar-refractivity contribution in [2.45, 2.75) is 26.3 Å². The second-order valence-electron chi connectivity index (χ2n) is 6.43. The van der Waals surface area contributed by atoms with Gasteiger partial charge in [-0.05, 0) is 31.4 Å². The van der Waals surface area contributed by atoms with E-state index < -0.39 is 10.0 Å². The number of halogens is 1. The van der Waals surface area contributed by atoms with Crippen molar-refractivity contribution in [3.63, 3.8) is 0 Å². The fourth-order valence-corrected chi connectivity index (χ4v) is 5.13. The molecule has 1 aromatic heterocycles. The molecule has 1 aromatic carbocycles. The summed E-state index contributed by atoms with van der Waals surface area (Å²) in [6.07, 6.45) is 2.91. The SMILES string of the molecule is CCS(=O)(=O)N1CCC(C(=O)N=c2sccn2Cc2ccccc2Cl)CC1. The maximum Gasteiger partial charge on any atom is 0.251 e. The maximum atomic E-state index is 12.6. The average Bonchev–Trinajstić information content (AvgIpc) is 3.10. The number of amides is 1. The molecule has 1 aliphatic rings. The minimum atomic E-state index is -3.19. The quantitative estimate of drug-likeness (QED) is 0.736. The van der Waals surface area contributed by atoms with Crippen molar-refractivity contribution in [3.05, 3.63) is 51.2 Å². The zero-order chi connectivity index (χ0) is 19.4. The van der Waals surface area contributed by atoms with Crippen molar-refractivity contribution in [3.8, 4) is 0 Å². The minimum Gasteiger partial charge on any atom is -0.319 e. The highest BCUT2D eigenvalue weighted by Crippen LogP contribution is 2.21. The first-order valence-corrected chi connectivity index (χ1v) is 11.7. The van der Waals surface area contributed by atoms with Crippen LogP contribution in [0.4, 0.5) is 0 Å². The molecule has 0 saturated carbocycles. The number of carbonyl (C=O) groups is 1. The van der Waals surface area contributed by atoms with Gasteiger partial charge in [0.1, 0.15) is 0 Å². The number of hydrogen-bond acceptors (Lipinski definition) is 4. The Labute approximate surface area is 168 Å². The second-order valence-corrected chi connectivity index (χ2v) is 9.97. The predicted octanol–water partition coefficient (Wildman–Crippen LogP) is 2.74. The Hall–Kier alpha value is -1.48. The number of carbonyl (C=O) groups excluding carboxylic acids is 1. The molecular formula is C18H22ClN3O3S2. The molecule has 1 fully saturated rings. The number of benzene rings is 1. The molecular weight excluding hydrogens is 406 g/mol. The van der Waals surface area contributed by atoms with Gasteiger partial charge in [-0.2, -0.15) is 4.99 Å². The van der Waals surface area contributed by atoms with Crippen LogP contribution in [0, 0.1) is 5.92 Å². The Balaban J connectivity index is 1.71. The molecule has 0 unspecified atom stereocenters. The van der Waals surface area contributed by atoms with Crippen molar-refractivity contribution in [2.75, 3.05) is 18.8 Å². The van der Waals surface area contributed by atoms with Gasteiger partial charge in [0.2, 0.25) is 10.0 Å². The van der Waals surface area contributed by atoms with E-state index in [1.807, 2.05) is 40.4 Å². The van der Waals surface area contributed by atoms with Gasteiger partial charge in [-0.1, -0.05) is 29.8 Å². The van der Waals surface area contributed by atoms with Gasteiger partial charge in [0.15, 0.2) is 4.80 Å². The lowest BCUT2D eigenvalue weighted by Gasteiger charge is -2.29. The van der Waals surface area contributed by atoms with Gasteiger partial charge in [-0.15, -0.1) is 11.3 Å². The van der Waals surface area contributed by atoms with Crippen LogP contribution < -0.4 is 4.80 Å². The fourth-order valence-electron chi connectivity index (χ4n) is 3.07. The van der Waals surface area contributed by atoms with E-state index in [9.17, 15) is 13.2 Å². The zero-order valence-corrected chi connectivity index (χ0v) is 17.4. The van der Waals surface area contributed by atoms with Gasteiger partial charge in [0.05, 0.1) is 12.3 Å². The van der Waals surface area contributed by atoms with Crippen LogP contribution in [0.25, 0.3) is 0 Å². The smallest absolute Gasteiger partial charge is 0.251 e. The van der Waals surface area contributed by atoms with Crippen molar-refractivity contribution in [2.24, 2.45) is 10.9 Å². The van der Waals surface area contributed by atoms with Gasteiger partial charge in [-0.25, -0.2) is 12.7 Å².